The average molecular weight is 293 g/mol. The summed E-state index contributed by atoms with van der Waals surface area (Å²) in [6.07, 6.45) is 3.77. The predicted molar refractivity (Wildman–Crippen MR) is 89.3 cm³/mol. The van der Waals surface area contributed by atoms with Gasteiger partial charge >= 0.3 is 0 Å². The van der Waals surface area contributed by atoms with E-state index in [1.807, 2.05) is 36.4 Å². The molecule has 1 fully saturated rings. The summed E-state index contributed by atoms with van der Waals surface area (Å²) >= 11 is 0. The Labute approximate surface area is 129 Å². The molecule has 2 N–H and O–H groups in total. The van der Waals surface area contributed by atoms with Crippen LogP contribution in [0.15, 0.2) is 42.5 Å². The Bertz CT molecular complexity index is 787. The number of piperidine rings is 1. The summed E-state index contributed by atoms with van der Waals surface area (Å²) in [6, 6.07) is 13.9. The van der Waals surface area contributed by atoms with Gasteiger partial charge < -0.3 is 10.6 Å². The van der Waals surface area contributed by atoms with Crippen LogP contribution in [0.5, 0.6) is 0 Å². The normalized spacial score (nSPS) is 15.4. The second kappa shape index (κ2) is 5.33. The number of benzene rings is 2. The summed E-state index contributed by atoms with van der Waals surface area (Å²) in [5, 5.41) is 9.14. The number of nitrogen functional groups attached to an aromatic ring is 1. The SMILES string of the molecule is Nc1cc2nn(-c3ccccc3)nc2cc1N1CCCCC1. The van der Waals surface area contributed by atoms with Crippen molar-refractivity contribution < 1.29 is 0 Å². The number of nitrogens with zero attached hydrogens (tertiary/aromatic N) is 4. The Morgan fingerprint density at radius 2 is 1.55 bits per heavy atom. The molecule has 2 heterocycles. The molecule has 22 heavy (non-hydrogen) atoms. The van der Waals surface area contributed by atoms with E-state index in [2.05, 4.69) is 21.2 Å². The van der Waals surface area contributed by atoms with Crippen LogP contribution in [0.1, 0.15) is 19.3 Å². The van der Waals surface area contributed by atoms with E-state index < -0.39 is 0 Å². The Kier molecular flexibility index (Phi) is 3.18. The van der Waals surface area contributed by atoms with Crippen molar-refractivity contribution in [1.29, 1.82) is 0 Å². The Hall–Kier alpha value is -2.56. The van der Waals surface area contributed by atoms with Gasteiger partial charge in [-0.05, 0) is 43.5 Å². The van der Waals surface area contributed by atoms with Gasteiger partial charge in [-0.2, -0.15) is 4.80 Å². The molecule has 1 saturated heterocycles. The molecule has 112 valence electrons. The van der Waals surface area contributed by atoms with Gasteiger partial charge in [-0.1, -0.05) is 18.2 Å². The van der Waals surface area contributed by atoms with Crippen LogP contribution < -0.4 is 10.6 Å². The third-order valence-corrected chi connectivity index (χ3v) is 4.21. The van der Waals surface area contributed by atoms with E-state index in [1.165, 1.54) is 19.3 Å². The maximum Gasteiger partial charge on any atom is 0.115 e. The molecule has 0 spiro atoms. The van der Waals surface area contributed by atoms with Gasteiger partial charge in [0.2, 0.25) is 0 Å². The molecule has 0 radical (unpaired) electrons. The van der Waals surface area contributed by atoms with Gasteiger partial charge in [-0.15, -0.1) is 10.2 Å². The monoisotopic (exact) mass is 293 g/mol. The third-order valence-electron chi connectivity index (χ3n) is 4.21. The summed E-state index contributed by atoms with van der Waals surface area (Å²) in [7, 11) is 0. The fourth-order valence-electron chi connectivity index (χ4n) is 3.05. The summed E-state index contributed by atoms with van der Waals surface area (Å²) in [5.41, 5.74) is 10.8. The Morgan fingerprint density at radius 1 is 0.864 bits per heavy atom. The van der Waals surface area contributed by atoms with Gasteiger partial charge in [0.1, 0.15) is 11.0 Å². The number of fused-ring (bicyclic) bond motifs is 1. The Balaban J connectivity index is 1.77. The molecular weight excluding hydrogens is 274 g/mol. The van der Waals surface area contributed by atoms with Crippen LogP contribution in [0.4, 0.5) is 11.4 Å². The Morgan fingerprint density at radius 3 is 2.27 bits per heavy atom. The first kappa shape index (κ1) is 13.1. The summed E-state index contributed by atoms with van der Waals surface area (Å²) < 4.78 is 0. The van der Waals surface area contributed by atoms with E-state index in [0.717, 1.165) is 41.2 Å². The van der Waals surface area contributed by atoms with Crippen LogP contribution in [-0.4, -0.2) is 28.1 Å². The van der Waals surface area contributed by atoms with Crippen LogP contribution in [0.2, 0.25) is 0 Å². The minimum atomic E-state index is 0.787. The average Bonchev–Trinajstić information content (AvgIpc) is 2.98. The number of rotatable bonds is 2. The van der Waals surface area contributed by atoms with Crippen LogP contribution >= 0.6 is 0 Å². The highest BCUT2D eigenvalue weighted by atomic mass is 15.5. The standard InChI is InChI=1S/C17H19N5/c18-14-11-15-16(12-17(14)21-9-5-2-6-10-21)20-22(19-15)13-7-3-1-4-8-13/h1,3-4,7-8,11-12H,2,5-6,9-10,18H2. The van der Waals surface area contributed by atoms with E-state index in [9.17, 15) is 0 Å². The van der Waals surface area contributed by atoms with Gasteiger partial charge in [-0.3, -0.25) is 0 Å². The number of hydrogen-bond donors (Lipinski definition) is 1. The fourth-order valence-corrected chi connectivity index (χ4v) is 3.05. The van der Waals surface area contributed by atoms with Crippen molar-refractivity contribution in [2.24, 2.45) is 0 Å². The first-order valence-corrected chi connectivity index (χ1v) is 7.78. The second-order valence-corrected chi connectivity index (χ2v) is 5.77. The number of para-hydroxylation sites is 1. The van der Waals surface area contributed by atoms with Crippen molar-refractivity contribution in [3.05, 3.63) is 42.5 Å². The molecule has 0 amide bonds. The van der Waals surface area contributed by atoms with Crippen LogP contribution in [-0.2, 0) is 0 Å². The molecule has 5 heteroatoms. The van der Waals surface area contributed by atoms with Crippen LogP contribution in [0.3, 0.4) is 0 Å². The van der Waals surface area contributed by atoms with Crippen molar-refractivity contribution in [1.82, 2.24) is 15.0 Å². The predicted octanol–water partition coefficient (Wildman–Crippen LogP) is 2.99. The number of aromatic nitrogens is 3. The van der Waals surface area contributed by atoms with Crippen LogP contribution in [0, 0.1) is 0 Å². The minimum Gasteiger partial charge on any atom is -0.397 e. The maximum absolute atomic E-state index is 6.25. The first-order valence-electron chi connectivity index (χ1n) is 7.78. The summed E-state index contributed by atoms with van der Waals surface area (Å²) in [6.45, 7) is 2.14. The van der Waals surface area contributed by atoms with Crippen LogP contribution in [0.25, 0.3) is 16.7 Å². The van der Waals surface area contributed by atoms with Gasteiger partial charge in [0.15, 0.2) is 0 Å². The van der Waals surface area contributed by atoms with E-state index in [-0.39, 0.29) is 0 Å². The van der Waals surface area contributed by atoms with E-state index in [4.69, 9.17) is 5.73 Å². The molecule has 0 aliphatic carbocycles. The molecule has 1 aliphatic rings. The van der Waals surface area contributed by atoms with Gasteiger partial charge in [0, 0.05) is 13.1 Å². The molecule has 0 unspecified atom stereocenters. The fraction of sp³-hybridized carbons (Fsp3) is 0.294. The number of nitrogens with two attached hydrogens (primary N) is 1. The summed E-state index contributed by atoms with van der Waals surface area (Å²) in [5.74, 6) is 0. The lowest BCUT2D eigenvalue weighted by atomic mass is 10.1. The highest BCUT2D eigenvalue weighted by Crippen LogP contribution is 2.30. The zero-order valence-electron chi connectivity index (χ0n) is 12.4. The molecule has 2 aromatic carbocycles. The van der Waals surface area contributed by atoms with E-state index in [1.54, 1.807) is 4.80 Å². The molecular formula is C17H19N5. The van der Waals surface area contributed by atoms with Crippen molar-refractivity contribution >= 4 is 22.4 Å². The zero-order chi connectivity index (χ0) is 14.9. The number of hydrogen-bond acceptors (Lipinski definition) is 4. The van der Waals surface area contributed by atoms with Crippen molar-refractivity contribution in [2.75, 3.05) is 23.7 Å². The highest BCUT2D eigenvalue weighted by Gasteiger charge is 2.16. The topological polar surface area (TPSA) is 60.0 Å². The van der Waals surface area contributed by atoms with E-state index >= 15 is 0 Å². The second-order valence-electron chi connectivity index (χ2n) is 5.77. The molecule has 0 saturated carbocycles. The third kappa shape index (κ3) is 2.28. The molecule has 0 atom stereocenters. The lowest BCUT2D eigenvalue weighted by Crippen LogP contribution is -2.30. The molecule has 0 bridgehead atoms. The molecule has 4 rings (SSSR count). The lowest BCUT2D eigenvalue weighted by molar-refractivity contribution is 0.578. The molecule has 1 aromatic heterocycles. The van der Waals surface area contributed by atoms with Crippen molar-refractivity contribution in [3.8, 4) is 5.69 Å². The molecule has 5 nitrogen and oxygen atoms in total. The smallest absolute Gasteiger partial charge is 0.115 e. The quantitative estimate of drug-likeness (QED) is 0.738. The minimum absolute atomic E-state index is 0.787. The zero-order valence-corrected chi connectivity index (χ0v) is 12.4. The largest absolute Gasteiger partial charge is 0.397 e. The lowest BCUT2D eigenvalue weighted by Gasteiger charge is -2.29. The first-order chi connectivity index (χ1) is 10.8. The van der Waals surface area contributed by atoms with E-state index in [0.29, 0.717) is 0 Å². The maximum atomic E-state index is 6.25. The number of anilines is 2. The van der Waals surface area contributed by atoms with Gasteiger partial charge in [-0.25, -0.2) is 0 Å². The summed E-state index contributed by atoms with van der Waals surface area (Å²) in [4.78, 5) is 4.03. The molecule has 1 aliphatic heterocycles. The van der Waals surface area contributed by atoms with Crippen molar-refractivity contribution in [3.63, 3.8) is 0 Å². The van der Waals surface area contributed by atoms with Gasteiger partial charge in [0.05, 0.1) is 17.1 Å². The van der Waals surface area contributed by atoms with Crippen molar-refractivity contribution in [2.45, 2.75) is 19.3 Å². The van der Waals surface area contributed by atoms with Gasteiger partial charge in [0.25, 0.3) is 0 Å². The molecule has 3 aromatic rings. The highest BCUT2D eigenvalue weighted by molar-refractivity contribution is 5.86.